The molecule has 2 aromatic heterocycles. The number of imidazole rings is 1. The lowest BCUT2D eigenvalue weighted by Crippen LogP contribution is -1.86. The van der Waals surface area contributed by atoms with E-state index in [2.05, 4.69) is 17.1 Å². The molecule has 0 atom stereocenters. The van der Waals surface area contributed by atoms with Crippen LogP contribution in [-0.2, 0) is 0 Å². The van der Waals surface area contributed by atoms with Crippen LogP contribution < -0.4 is 0 Å². The Labute approximate surface area is 81.2 Å². The highest BCUT2D eigenvalue weighted by molar-refractivity contribution is 6.29. The van der Waals surface area contributed by atoms with Crippen molar-refractivity contribution in [2.24, 2.45) is 0 Å². The summed E-state index contributed by atoms with van der Waals surface area (Å²) in [6.45, 7) is 0. The lowest BCUT2D eigenvalue weighted by molar-refractivity contribution is 1.09. The molecule has 2 nitrogen and oxygen atoms in total. The van der Waals surface area contributed by atoms with Crippen LogP contribution >= 0.6 is 11.6 Å². The molecule has 0 unspecified atom stereocenters. The quantitative estimate of drug-likeness (QED) is 0.679. The summed E-state index contributed by atoms with van der Waals surface area (Å²) in [4.78, 5) is 4.22. The van der Waals surface area contributed by atoms with Crippen LogP contribution in [0.2, 0.25) is 5.15 Å². The van der Waals surface area contributed by atoms with Crippen molar-refractivity contribution in [3.05, 3.63) is 35.2 Å². The van der Waals surface area contributed by atoms with Gasteiger partial charge in [0.05, 0.1) is 6.20 Å². The van der Waals surface area contributed by atoms with E-state index >= 15 is 0 Å². The third kappa shape index (κ3) is 1.13. The number of fused-ring (bicyclic) bond motifs is 1. The van der Waals surface area contributed by atoms with Crippen LogP contribution in [0, 0.1) is 0 Å². The molecule has 0 aromatic carbocycles. The van der Waals surface area contributed by atoms with Crippen LogP contribution in [0.25, 0.3) is 5.65 Å². The highest BCUT2D eigenvalue weighted by Crippen LogP contribution is 2.40. The van der Waals surface area contributed by atoms with Gasteiger partial charge in [0.2, 0.25) is 0 Å². The maximum absolute atomic E-state index is 5.92. The fourth-order valence-electron chi connectivity index (χ4n) is 1.64. The first kappa shape index (κ1) is 7.39. The molecule has 0 bridgehead atoms. The normalized spacial score (nSPS) is 16.7. The zero-order valence-electron chi connectivity index (χ0n) is 7.07. The number of nitrogens with zero attached hydrogens (tertiary/aromatic N) is 2. The molecule has 3 heteroatoms. The van der Waals surface area contributed by atoms with Crippen molar-refractivity contribution in [3.8, 4) is 0 Å². The second kappa shape index (κ2) is 2.48. The van der Waals surface area contributed by atoms with Crippen LogP contribution in [0.1, 0.15) is 24.3 Å². The molecule has 66 valence electrons. The van der Waals surface area contributed by atoms with Crippen molar-refractivity contribution in [2.75, 3.05) is 0 Å². The molecule has 1 saturated carbocycles. The topological polar surface area (TPSA) is 17.3 Å². The predicted molar refractivity (Wildman–Crippen MR) is 52.2 cm³/mol. The SMILES string of the molecule is Clc1cnc2cc(C3CC3)ccn12. The number of rotatable bonds is 1. The average molecular weight is 193 g/mol. The van der Waals surface area contributed by atoms with Gasteiger partial charge in [-0.2, -0.15) is 0 Å². The number of hydrogen-bond acceptors (Lipinski definition) is 1. The van der Waals surface area contributed by atoms with Crippen molar-refractivity contribution in [2.45, 2.75) is 18.8 Å². The first-order valence-electron chi connectivity index (χ1n) is 4.47. The van der Waals surface area contributed by atoms with Gasteiger partial charge in [-0.1, -0.05) is 11.6 Å². The Kier molecular flexibility index (Phi) is 1.41. The largest absolute Gasteiger partial charge is 0.291 e. The zero-order chi connectivity index (χ0) is 8.84. The molecule has 3 rings (SSSR count). The third-order valence-electron chi connectivity index (χ3n) is 2.54. The zero-order valence-corrected chi connectivity index (χ0v) is 7.83. The molecule has 13 heavy (non-hydrogen) atoms. The first-order chi connectivity index (χ1) is 6.34. The van der Waals surface area contributed by atoms with Crippen molar-refractivity contribution >= 4 is 17.2 Å². The van der Waals surface area contributed by atoms with E-state index in [1.807, 2.05) is 10.6 Å². The highest BCUT2D eigenvalue weighted by atomic mass is 35.5. The summed E-state index contributed by atoms with van der Waals surface area (Å²) < 4.78 is 1.90. The Hall–Kier alpha value is -1.02. The molecule has 1 aliphatic rings. The molecule has 2 heterocycles. The number of aromatic nitrogens is 2. The predicted octanol–water partition coefficient (Wildman–Crippen LogP) is 2.87. The molecule has 1 fully saturated rings. The lowest BCUT2D eigenvalue weighted by atomic mass is 10.2. The van der Waals surface area contributed by atoms with Gasteiger partial charge in [0.15, 0.2) is 0 Å². The van der Waals surface area contributed by atoms with Gasteiger partial charge in [-0.25, -0.2) is 4.98 Å². The fraction of sp³-hybridized carbons (Fsp3) is 0.300. The van der Waals surface area contributed by atoms with Crippen LogP contribution in [0.5, 0.6) is 0 Å². The van der Waals surface area contributed by atoms with E-state index in [-0.39, 0.29) is 0 Å². The van der Waals surface area contributed by atoms with Gasteiger partial charge in [-0.3, -0.25) is 4.40 Å². The van der Waals surface area contributed by atoms with Gasteiger partial charge < -0.3 is 0 Å². The average Bonchev–Trinajstić information content (AvgIpc) is 2.93. The van der Waals surface area contributed by atoms with Crippen molar-refractivity contribution in [1.29, 1.82) is 0 Å². The Morgan fingerprint density at radius 3 is 3.08 bits per heavy atom. The molecule has 0 spiro atoms. The van der Waals surface area contributed by atoms with Gasteiger partial charge in [-0.05, 0) is 36.5 Å². The summed E-state index contributed by atoms with van der Waals surface area (Å²) in [7, 11) is 0. The number of pyridine rings is 1. The van der Waals surface area contributed by atoms with E-state index in [1.54, 1.807) is 6.20 Å². The Bertz CT molecular complexity index is 457. The van der Waals surface area contributed by atoms with Crippen LogP contribution in [-0.4, -0.2) is 9.38 Å². The second-order valence-corrected chi connectivity index (χ2v) is 3.93. The van der Waals surface area contributed by atoms with Crippen molar-refractivity contribution in [1.82, 2.24) is 9.38 Å². The minimum Gasteiger partial charge on any atom is -0.291 e. The van der Waals surface area contributed by atoms with E-state index in [0.717, 1.165) is 11.6 Å². The summed E-state index contributed by atoms with van der Waals surface area (Å²) in [5.41, 5.74) is 2.35. The van der Waals surface area contributed by atoms with E-state index < -0.39 is 0 Å². The van der Waals surface area contributed by atoms with Crippen molar-refractivity contribution < 1.29 is 0 Å². The van der Waals surface area contributed by atoms with Gasteiger partial charge >= 0.3 is 0 Å². The number of halogens is 1. The van der Waals surface area contributed by atoms with Gasteiger partial charge in [0.25, 0.3) is 0 Å². The molecule has 1 aliphatic carbocycles. The first-order valence-corrected chi connectivity index (χ1v) is 4.85. The van der Waals surface area contributed by atoms with E-state index in [9.17, 15) is 0 Å². The molecule has 0 radical (unpaired) electrons. The summed E-state index contributed by atoms with van der Waals surface area (Å²) >= 11 is 5.92. The molecular weight excluding hydrogens is 184 g/mol. The van der Waals surface area contributed by atoms with Crippen LogP contribution in [0.4, 0.5) is 0 Å². The lowest BCUT2D eigenvalue weighted by Gasteiger charge is -1.99. The van der Waals surface area contributed by atoms with Gasteiger partial charge in [0, 0.05) is 6.20 Å². The molecule has 2 aromatic rings. The molecular formula is C10H9ClN2. The minimum atomic E-state index is 0.678. The van der Waals surface area contributed by atoms with Gasteiger partial charge in [-0.15, -0.1) is 0 Å². The van der Waals surface area contributed by atoms with E-state index in [0.29, 0.717) is 5.15 Å². The Morgan fingerprint density at radius 2 is 2.31 bits per heavy atom. The Morgan fingerprint density at radius 1 is 1.46 bits per heavy atom. The summed E-state index contributed by atoms with van der Waals surface area (Å²) in [6, 6.07) is 4.27. The Balaban J connectivity index is 2.21. The summed E-state index contributed by atoms with van der Waals surface area (Å²) in [5.74, 6) is 0.778. The smallest absolute Gasteiger partial charge is 0.138 e. The summed E-state index contributed by atoms with van der Waals surface area (Å²) in [5, 5.41) is 0.678. The molecule has 0 aliphatic heterocycles. The maximum atomic E-state index is 5.92. The van der Waals surface area contributed by atoms with E-state index in [4.69, 9.17) is 11.6 Å². The van der Waals surface area contributed by atoms with Crippen LogP contribution in [0.3, 0.4) is 0 Å². The van der Waals surface area contributed by atoms with Crippen molar-refractivity contribution in [3.63, 3.8) is 0 Å². The maximum Gasteiger partial charge on any atom is 0.138 e. The van der Waals surface area contributed by atoms with E-state index in [1.165, 1.54) is 18.4 Å². The summed E-state index contributed by atoms with van der Waals surface area (Å²) in [6.07, 6.45) is 6.33. The second-order valence-electron chi connectivity index (χ2n) is 3.54. The van der Waals surface area contributed by atoms with Gasteiger partial charge in [0.1, 0.15) is 10.8 Å². The number of hydrogen-bond donors (Lipinski definition) is 0. The van der Waals surface area contributed by atoms with Crippen LogP contribution in [0.15, 0.2) is 24.5 Å². The molecule has 0 amide bonds. The monoisotopic (exact) mass is 192 g/mol. The third-order valence-corrected chi connectivity index (χ3v) is 2.82. The highest BCUT2D eigenvalue weighted by Gasteiger charge is 2.23. The standard InChI is InChI=1S/C10H9ClN2/c11-9-6-12-10-5-8(7-1-2-7)3-4-13(9)10/h3-7H,1-2H2. The minimum absolute atomic E-state index is 0.678. The molecule has 0 N–H and O–H groups in total. The fourth-order valence-corrected chi connectivity index (χ4v) is 1.83. The molecule has 0 saturated heterocycles.